The highest BCUT2D eigenvalue weighted by Gasteiger charge is 2.42. The Kier molecular flexibility index (Phi) is 5.60. The number of nitrogens with one attached hydrogen (secondary N) is 1. The predicted octanol–water partition coefficient (Wildman–Crippen LogP) is 3.31. The Balaban J connectivity index is 1.88. The summed E-state index contributed by atoms with van der Waals surface area (Å²) in [5.41, 5.74) is 8.48. The van der Waals surface area contributed by atoms with E-state index in [0.29, 0.717) is 51.7 Å². The van der Waals surface area contributed by atoms with Gasteiger partial charge in [-0.3, -0.25) is 15.0 Å². The van der Waals surface area contributed by atoms with Gasteiger partial charge in [0.2, 0.25) is 5.78 Å². The van der Waals surface area contributed by atoms with Gasteiger partial charge in [-0.1, -0.05) is 0 Å². The fourth-order valence-corrected chi connectivity index (χ4v) is 5.05. The molecular formula is C23H22N2O6S. The lowest BCUT2D eigenvalue weighted by Crippen LogP contribution is -2.13. The SMILES string of the molecule is COc1cc2c(cc1OC)C(=O)[C@@H](C1=C(SC(=N)N)C(=O)c3cc(OC)c(OC)cc31)C2. The van der Waals surface area contributed by atoms with Crippen molar-refractivity contribution in [3.8, 4) is 23.0 Å². The van der Waals surface area contributed by atoms with Gasteiger partial charge in [0.25, 0.3) is 0 Å². The van der Waals surface area contributed by atoms with Gasteiger partial charge < -0.3 is 24.7 Å². The van der Waals surface area contributed by atoms with Crippen LogP contribution in [0.25, 0.3) is 5.57 Å². The van der Waals surface area contributed by atoms with Crippen LogP contribution < -0.4 is 24.7 Å². The molecule has 0 radical (unpaired) electrons. The topological polar surface area (TPSA) is 121 Å². The summed E-state index contributed by atoms with van der Waals surface area (Å²) >= 11 is 0.853. The van der Waals surface area contributed by atoms with Crippen LogP contribution in [0.2, 0.25) is 0 Å². The molecule has 32 heavy (non-hydrogen) atoms. The molecule has 0 heterocycles. The van der Waals surface area contributed by atoms with Gasteiger partial charge >= 0.3 is 0 Å². The third-order valence-corrected chi connectivity index (χ3v) is 6.51. The number of fused-ring (bicyclic) bond motifs is 2. The number of ether oxygens (including phenoxy) is 4. The Bertz CT molecular complexity index is 1200. The van der Waals surface area contributed by atoms with Gasteiger partial charge in [0.1, 0.15) is 0 Å². The third kappa shape index (κ3) is 3.29. The number of allylic oxidation sites excluding steroid dienone is 2. The lowest BCUT2D eigenvalue weighted by Gasteiger charge is -2.15. The Hall–Kier alpha value is -3.46. The van der Waals surface area contributed by atoms with E-state index >= 15 is 0 Å². The number of hydrogen-bond donors (Lipinski definition) is 2. The first-order valence-corrected chi connectivity index (χ1v) is 10.5. The highest BCUT2D eigenvalue weighted by atomic mass is 32.2. The molecule has 4 rings (SSSR count). The molecule has 0 spiro atoms. The van der Waals surface area contributed by atoms with Gasteiger partial charge in [0.15, 0.2) is 33.9 Å². The lowest BCUT2D eigenvalue weighted by molar-refractivity contribution is 0.0964. The summed E-state index contributed by atoms with van der Waals surface area (Å²) in [5.74, 6) is 0.790. The number of rotatable bonds is 6. The number of hydrogen-bond acceptors (Lipinski definition) is 8. The zero-order chi connectivity index (χ0) is 23.2. The van der Waals surface area contributed by atoms with Gasteiger partial charge in [-0.25, -0.2) is 0 Å². The summed E-state index contributed by atoms with van der Waals surface area (Å²) < 4.78 is 21.5. The average Bonchev–Trinajstić information content (AvgIpc) is 3.24. The van der Waals surface area contributed by atoms with Crippen LogP contribution in [0.5, 0.6) is 23.0 Å². The molecule has 3 N–H and O–H groups in total. The van der Waals surface area contributed by atoms with Crippen molar-refractivity contribution in [2.45, 2.75) is 6.42 Å². The van der Waals surface area contributed by atoms with Crippen LogP contribution in [-0.4, -0.2) is 45.2 Å². The first-order valence-electron chi connectivity index (χ1n) is 9.70. The number of Topliss-reactive ketones (excluding diaryl/α,β-unsaturated/α-hetero) is 2. The monoisotopic (exact) mass is 454 g/mol. The molecule has 0 amide bonds. The minimum atomic E-state index is -0.619. The number of ketones is 2. The van der Waals surface area contributed by atoms with E-state index in [1.165, 1.54) is 28.4 Å². The molecule has 0 unspecified atom stereocenters. The molecule has 2 aromatic rings. The standard InChI is InChI=1S/C23H22N2O6S/c1-28-15-6-10-5-14(20(26)11(10)7-16(15)29-2)19-12-8-17(30-3)18(31-4)9-13(12)21(27)22(19)32-23(24)25/h6-9,14H,5H2,1-4H3,(H3,24,25)/t14-/m1/s1. The molecule has 8 nitrogen and oxygen atoms in total. The van der Waals surface area contributed by atoms with Crippen molar-refractivity contribution in [1.82, 2.24) is 0 Å². The van der Waals surface area contributed by atoms with E-state index in [1.807, 2.05) is 0 Å². The molecule has 1 atom stereocenters. The van der Waals surface area contributed by atoms with Crippen LogP contribution in [0.3, 0.4) is 0 Å². The van der Waals surface area contributed by atoms with Gasteiger partial charge in [-0.15, -0.1) is 0 Å². The van der Waals surface area contributed by atoms with Gasteiger partial charge in [0.05, 0.1) is 39.3 Å². The van der Waals surface area contributed by atoms with Crippen molar-refractivity contribution < 1.29 is 28.5 Å². The molecule has 2 aromatic carbocycles. The normalized spacial score (nSPS) is 16.7. The molecule has 0 saturated heterocycles. The number of methoxy groups -OCH3 is 4. The van der Waals surface area contributed by atoms with Crippen molar-refractivity contribution in [3.63, 3.8) is 0 Å². The lowest BCUT2D eigenvalue weighted by atomic mass is 9.90. The van der Waals surface area contributed by atoms with Crippen molar-refractivity contribution in [3.05, 3.63) is 51.4 Å². The molecule has 0 bridgehead atoms. The van der Waals surface area contributed by atoms with Crippen molar-refractivity contribution in [2.24, 2.45) is 11.7 Å². The maximum atomic E-state index is 13.5. The summed E-state index contributed by atoms with van der Waals surface area (Å²) in [6, 6.07) is 6.76. The van der Waals surface area contributed by atoms with Crippen molar-refractivity contribution >= 4 is 34.1 Å². The number of thioether (sulfide) groups is 1. The quantitative estimate of drug-likeness (QED) is 0.504. The van der Waals surface area contributed by atoms with Crippen LogP contribution in [0.1, 0.15) is 31.8 Å². The summed E-state index contributed by atoms with van der Waals surface area (Å²) in [5, 5.41) is 7.51. The Morgan fingerprint density at radius 1 is 0.875 bits per heavy atom. The van der Waals surface area contributed by atoms with E-state index < -0.39 is 5.92 Å². The smallest absolute Gasteiger partial charge is 0.200 e. The maximum Gasteiger partial charge on any atom is 0.200 e. The Morgan fingerprint density at radius 2 is 1.38 bits per heavy atom. The molecule has 166 valence electrons. The molecule has 0 aliphatic heterocycles. The van der Waals surface area contributed by atoms with E-state index in [-0.39, 0.29) is 21.6 Å². The second-order valence-electron chi connectivity index (χ2n) is 7.28. The summed E-state index contributed by atoms with van der Waals surface area (Å²) in [7, 11) is 6.04. The van der Waals surface area contributed by atoms with Crippen LogP contribution in [-0.2, 0) is 6.42 Å². The Morgan fingerprint density at radius 3 is 1.91 bits per heavy atom. The maximum absolute atomic E-state index is 13.5. The minimum Gasteiger partial charge on any atom is -0.493 e. The van der Waals surface area contributed by atoms with Crippen molar-refractivity contribution in [1.29, 1.82) is 5.41 Å². The van der Waals surface area contributed by atoms with Crippen LogP contribution in [0.15, 0.2) is 29.2 Å². The first kappa shape index (κ1) is 21.8. The highest BCUT2D eigenvalue weighted by Crippen LogP contribution is 2.50. The molecular weight excluding hydrogens is 432 g/mol. The fraction of sp³-hybridized carbons (Fsp3) is 0.261. The largest absolute Gasteiger partial charge is 0.493 e. The number of carbonyl (C=O) groups excluding carboxylic acids is 2. The van der Waals surface area contributed by atoms with Crippen molar-refractivity contribution in [2.75, 3.05) is 28.4 Å². The van der Waals surface area contributed by atoms with Gasteiger partial charge in [0, 0.05) is 11.1 Å². The molecule has 0 saturated carbocycles. The zero-order valence-corrected chi connectivity index (χ0v) is 18.8. The number of benzene rings is 2. The first-order chi connectivity index (χ1) is 15.3. The highest BCUT2D eigenvalue weighted by molar-refractivity contribution is 8.17. The van der Waals surface area contributed by atoms with E-state index in [2.05, 4.69) is 0 Å². The second kappa shape index (κ2) is 8.23. The number of nitrogens with two attached hydrogens (primary N) is 1. The fourth-order valence-electron chi connectivity index (χ4n) is 4.27. The van der Waals surface area contributed by atoms with E-state index in [4.69, 9.17) is 30.1 Å². The molecule has 2 aliphatic carbocycles. The summed E-state index contributed by atoms with van der Waals surface area (Å²) in [6.45, 7) is 0. The Labute approximate surface area is 189 Å². The van der Waals surface area contributed by atoms with E-state index in [0.717, 1.165) is 17.3 Å². The second-order valence-corrected chi connectivity index (χ2v) is 8.33. The molecule has 0 fully saturated rings. The van der Waals surface area contributed by atoms with Gasteiger partial charge in [-0.2, -0.15) is 0 Å². The predicted molar refractivity (Wildman–Crippen MR) is 121 cm³/mol. The average molecular weight is 455 g/mol. The summed E-state index contributed by atoms with van der Waals surface area (Å²) in [6.07, 6.45) is 0.382. The van der Waals surface area contributed by atoms with Crippen LogP contribution in [0, 0.1) is 11.3 Å². The number of carbonyl (C=O) groups is 2. The van der Waals surface area contributed by atoms with Gasteiger partial charge in [-0.05, 0) is 59.1 Å². The molecule has 0 aromatic heterocycles. The third-order valence-electron chi connectivity index (χ3n) is 5.69. The van der Waals surface area contributed by atoms with Crippen LogP contribution >= 0.6 is 11.8 Å². The number of amidine groups is 1. The summed E-state index contributed by atoms with van der Waals surface area (Å²) in [4.78, 5) is 27.0. The molecule has 9 heteroatoms. The van der Waals surface area contributed by atoms with E-state index in [9.17, 15) is 9.59 Å². The molecule has 2 aliphatic rings. The van der Waals surface area contributed by atoms with Crippen LogP contribution in [0.4, 0.5) is 0 Å². The minimum absolute atomic E-state index is 0.131. The van der Waals surface area contributed by atoms with E-state index in [1.54, 1.807) is 24.3 Å². The zero-order valence-electron chi connectivity index (χ0n) is 18.0.